The first kappa shape index (κ1) is 17.9. The lowest BCUT2D eigenvalue weighted by molar-refractivity contribution is 0.411. The van der Waals surface area contributed by atoms with Crippen molar-refractivity contribution in [3.8, 4) is 11.5 Å². The Labute approximate surface area is 143 Å². The van der Waals surface area contributed by atoms with Crippen LogP contribution >= 0.6 is 24.0 Å². The predicted molar refractivity (Wildman–Crippen MR) is 95.6 cm³/mol. The van der Waals surface area contributed by atoms with Crippen LogP contribution in [-0.4, -0.2) is 30.8 Å². The Morgan fingerprint density at radius 2 is 2.19 bits per heavy atom. The van der Waals surface area contributed by atoms with Crippen molar-refractivity contribution < 1.29 is 9.84 Å². The zero-order valence-corrected chi connectivity index (χ0v) is 15.0. The Kier molecular flexibility index (Phi) is 7.07. The molecule has 2 atom stereocenters. The number of hydrogen-bond donors (Lipinski definition) is 3. The third kappa shape index (κ3) is 5.26. The van der Waals surface area contributed by atoms with Crippen LogP contribution in [0.4, 0.5) is 0 Å². The molecular formula is C15H24IN3O2. The molecule has 0 aromatic heterocycles. The van der Waals surface area contributed by atoms with E-state index in [-0.39, 0.29) is 29.7 Å². The highest BCUT2D eigenvalue weighted by atomic mass is 127. The molecule has 0 spiro atoms. The molecule has 0 saturated heterocycles. The smallest absolute Gasteiger partial charge is 0.191 e. The molecule has 1 aliphatic rings. The number of guanidine groups is 1. The van der Waals surface area contributed by atoms with E-state index < -0.39 is 0 Å². The average Bonchev–Trinajstić information content (AvgIpc) is 3.13. The summed E-state index contributed by atoms with van der Waals surface area (Å²) < 4.78 is 5.16. The summed E-state index contributed by atoms with van der Waals surface area (Å²) in [6.07, 6.45) is 1.19. The second-order valence-corrected chi connectivity index (χ2v) is 5.15. The van der Waals surface area contributed by atoms with Gasteiger partial charge >= 0.3 is 0 Å². The molecule has 2 unspecified atom stereocenters. The molecule has 118 valence electrons. The van der Waals surface area contributed by atoms with Crippen LogP contribution in [0.25, 0.3) is 0 Å². The molecule has 1 aromatic carbocycles. The molecule has 1 aliphatic carbocycles. The van der Waals surface area contributed by atoms with Gasteiger partial charge in [0.05, 0.1) is 13.7 Å². The molecule has 0 radical (unpaired) electrons. The quantitative estimate of drug-likeness (QED) is 0.400. The molecule has 0 amide bonds. The van der Waals surface area contributed by atoms with Crippen molar-refractivity contribution in [1.82, 2.24) is 10.6 Å². The second kappa shape index (κ2) is 8.31. The van der Waals surface area contributed by atoms with Gasteiger partial charge in [-0.05, 0) is 37.5 Å². The first-order valence-corrected chi connectivity index (χ1v) is 7.04. The summed E-state index contributed by atoms with van der Waals surface area (Å²) in [7, 11) is 1.61. The van der Waals surface area contributed by atoms with Gasteiger partial charge in [-0.1, -0.05) is 6.92 Å². The van der Waals surface area contributed by atoms with E-state index in [0.29, 0.717) is 18.5 Å². The number of methoxy groups -OCH3 is 1. The summed E-state index contributed by atoms with van der Waals surface area (Å²) in [5.74, 6) is 2.47. The highest BCUT2D eigenvalue weighted by molar-refractivity contribution is 14.0. The van der Waals surface area contributed by atoms with Crippen molar-refractivity contribution in [3.63, 3.8) is 0 Å². The Morgan fingerprint density at radius 3 is 2.76 bits per heavy atom. The Morgan fingerprint density at radius 1 is 1.48 bits per heavy atom. The molecule has 21 heavy (non-hydrogen) atoms. The minimum absolute atomic E-state index is 0. The summed E-state index contributed by atoms with van der Waals surface area (Å²) in [6.45, 7) is 5.49. The van der Waals surface area contributed by atoms with Crippen LogP contribution < -0.4 is 15.4 Å². The van der Waals surface area contributed by atoms with E-state index in [1.54, 1.807) is 19.2 Å². The van der Waals surface area contributed by atoms with Gasteiger partial charge in [-0.3, -0.25) is 0 Å². The molecule has 1 saturated carbocycles. The largest absolute Gasteiger partial charge is 0.508 e. The maximum atomic E-state index is 9.84. The van der Waals surface area contributed by atoms with Gasteiger partial charge in [0.25, 0.3) is 0 Å². The van der Waals surface area contributed by atoms with E-state index in [2.05, 4.69) is 22.5 Å². The van der Waals surface area contributed by atoms with Crippen LogP contribution in [0.5, 0.6) is 11.5 Å². The Bertz CT molecular complexity index is 494. The molecule has 1 aromatic rings. The number of benzene rings is 1. The summed E-state index contributed by atoms with van der Waals surface area (Å²) in [5.41, 5.74) is 0.755. The van der Waals surface area contributed by atoms with Crippen LogP contribution in [0, 0.1) is 5.92 Å². The monoisotopic (exact) mass is 405 g/mol. The number of ether oxygens (including phenoxy) is 1. The van der Waals surface area contributed by atoms with Crippen molar-refractivity contribution in [2.24, 2.45) is 10.9 Å². The van der Waals surface area contributed by atoms with E-state index in [0.717, 1.165) is 23.8 Å². The van der Waals surface area contributed by atoms with Crippen LogP contribution in [0.1, 0.15) is 25.8 Å². The molecule has 5 nitrogen and oxygen atoms in total. The van der Waals surface area contributed by atoms with Crippen molar-refractivity contribution in [2.75, 3.05) is 13.7 Å². The van der Waals surface area contributed by atoms with Crippen molar-refractivity contribution in [3.05, 3.63) is 23.8 Å². The Balaban J connectivity index is 0.00000220. The molecule has 2 rings (SSSR count). The molecule has 0 heterocycles. The summed E-state index contributed by atoms with van der Waals surface area (Å²) in [4.78, 5) is 4.51. The van der Waals surface area contributed by atoms with Gasteiger partial charge in [-0.15, -0.1) is 24.0 Å². The summed E-state index contributed by atoms with van der Waals surface area (Å²) in [6, 6.07) is 5.69. The number of phenols is 1. The van der Waals surface area contributed by atoms with E-state index in [1.165, 1.54) is 6.42 Å². The number of phenolic OH excluding ortho intramolecular Hbond substituents is 1. The van der Waals surface area contributed by atoms with Gasteiger partial charge in [-0.2, -0.15) is 0 Å². The topological polar surface area (TPSA) is 65.9 Å². The van der Waals surface area contributed by atoms with Crippen LogP contribution in [0.3, 0.4) is 0 Å². The number of aliphatic imine (C=N–C) groups is 1. The van der Waals surface area contributed by atoms with E-state index in [4.69, 9.17) is 4.74 Å². The van der Waals surface area contributed by atoms with Crippen LogP contribution in [0.15, 0.2) is 23.2 Å². The average molecular weight is 405 g/mol. The maximum Gasteiger partial charge on any atom is 0.191 e. The fourth-order valence-corrected chi connectivity index (χ4v) is 2.00. The first-order chi connectivity index (χ1) is 9.63. The zero-order valence-electron chi connectivity index (χ0n) is 12.7. The minimum atomic E-state index is 0. The van der Waals surface area contributed by atoms with Crippen molar-refractivity contribution in [2.45, 2.75) is 32.9 Å². The molecular weight excluding hydrogens is 381 g/mol. The number of nitrogens with zero attached hydrogens (tertiary/aromatic N) is 1. The minimum Gasteiger partial charge on any atom is -0.508 e. The molecule has 6 heteroatoms. The number of nitrogens with one attached hydrogen (secondary N) is 2. The predicted octanol–water partition coefficient (Wildman–Crippen LogP) is 2.48. The van der Waals surface area contributed by atoms with Gasteiger partial charge < -0.3 is 20.5 Å². The normalized spacial score (nSPS) is 20.4. The summed E-state index contributed by atoms with van der Waals surface area (Å²) in [5, 5.41) is 16.4. The molecule has 3 N–H and O–H groups in total. The number of rotatable bonds is 5. The number of hydrogen-bond acceptors (Lipinski definition) is 3. The summed E-state index contributed by atoms with van der Waals surface area (Å²) >= 11 is 0. The zero-order chi connectivity index (χ0) is 14.5. The van der Waals surface area contributed by atoms with Gasteiger partial charge in [0.1, 0.15) is 11.5 Å². The molecule has 0 aliphatic heterocycles. The lowest BCUT2D eigenvalue weighted by atomic mass is 10.2. The standard InChI is InChI=1S/C15H23N3O2.HI/c1-4-16-15(18-13-7-10(13)2)17-9-11-8-12(20-3)5-6-14(11)19;/h5-6,8,10,13,19H,4,7,9H2,1-3H3,(H2,16,17,18);1H. The maximum absolute atomic E-state index is 9.84. The van der Waals surface area contributed by atoms with E-state index in [9.17, 15) is 5.11 Å². The lowest BCUT2D eigenvalue weighted by Crippen LogP contribution is -2.39. The first-order valence-electron chi connectivity index (χ1n) is 7.04. The highest BCUT2D eigenvalue weighted by Crippen LogP contribution is 2.29. The van der Waals surface area contributed by atoms with Crippen LogP contribution in [0.2, 0.25) is 0 Å². The number of aromatic hydroxyl groups is 1. The van der Waals surface area contributed by atoms with Crippen LogP contribution in [-0.2, 0) is 6.54 Å². The number of halogens is 1. The van der Waals surface area contributed by atoms with Gasteiger partial charge in [0.2, 0.25) is 0 Å². The van der Waals surface area contributed by atoms with E-state index >= 15 is 0 Å². The van der Waals surface area contributed by atoms with Gasteiger partial charge in [0.15, 0.2) is 5.96 Å². The van der Waals surface area contributed by atoms with Gasteiger partial charge in [-0.25, -0.2) is 4.99 Å². The highest BCUT2D eigenvalue weighted by Gasteiger charge is 2.33. The van der Waals surface area contributed by atoms with Crippen molar-refractivity contribution >= 4 is 29.9 Å². The SMILES string of the molecule is CCNC(=NCc1cc(OC)ccc1O)NC1CC1C.I. The fourth-order valence-electron chi connectivity index (χ4n) is 2.00. The van der Waals surface area contributed by atoms with Gasteiger partial charge in [0, 0.05) is 18.2 Å². The lowest BCUT2D eigenvalue weighted by Gasteiger charge is -2.11. The third-order valence-corrected chi connectivity index (χ3v) is 3.47. The molecule has 1 fully saturated rings. The van der Waals surface area contributed by atoms with Crippen molar-refractivity contribution in [1.29, 1.82) is 0 Å². The Hall–Kier alpha value is -1.18. The van der Waals surface area contributed by atoms with E-state index in [1.807, 2.05) is 13.0 Å². The third-order valence-electron chi connectivity index (χ3n) is 3.47. The fraction of sp³-hybridized carbons (Fsp3) is 0.533. The second-order valence-electron chi connectivity index (χ2n) is 5.15. The molecule has 0 bridgehead atoms.